The molecule has 134 valence electrons. The van der Waals surface area contributed by atoms with Crippen molar-refractivity contribution in [1.82, 2.24) is 9.97 Å². The number of carbonyl (C=O) groups excluding carboxylic acids is 1. The van der Waals surface area contributed by atoms with Gasteiger partial charge in [-0.05, 0) is 31.2 Å². The summed E-state index contributed by atoms with van der Waals surface area (Å²) >= 11 is 3.07. The molecule has 1 amide bonds. The number of ether oxygens (including phenoxy) is 1. The summed E-state index contributed by atoms with van der Waals surface area (Å²) in [4.78, 5) is 21.7. The van der Waals surface area contributed by atoms with Gasteiger partial charge in [0.15, 0.2) is 22.2 Å². The quantitative estimate of drug-likeness (QED) is 0.453. The zero-order valence-electron chi connectivity index (χ0n) is 14.4. The molecule has 1 N–H and O–H groups in total. The van der Waals surface area contributed by atoms with Gasteiger partial charge in [-0.2, -0.15) is 0 Å². The minimum Gasteiger partial charge on any atom is -0.493 e. The molecule has 0 saturated heterocycles. The largest absolute Gasteiger partial charge is 0.493 e. The van der Waals surface area contributed by atoms with Crippen LogP contribution in [-0.4, -0.2) is 23.0 Å². The van der Waals surface area contributed by atoms with Crippen molar-refractivity contribution in [3.63, 3.8) is 0 Å². The van der Waals surface area contributed by atoms with Crippen molar-refractivity contribution in [2.24, 2.45) is 0 Å². The number of furan rings is 1. The average molecular weight is 395 g/mol. The number of aromatic nitrogens is 2. The standard InChI is InChI=1S/C19H13N3O3S2/c1-9-20-11-6-7-12-17(16(11)26-9)27-19(21-12)22-18(23)14-8-10-4-3-5-13(24-2)15(10)25-14/h3-8H,1-2H3,(H,21,22,23). The zero-order valence-corrected chi connectivity index (χ0v) is 16.0. The van der Waals surface area contributed by atoms with Crippen LogP contribution in [0.4, 0.5) is 5.13 Å². The SMILES string of the molecule is COc1cccc2cc(C(=O)Nc3nc4ccc5nc(C)sc5c4s3)oc12. The van der Waals surface area contributed by atoms with E-state index in [1.54, 1.807) is 30.6 Å². The summed E-state index contributed by atoms with van der Waals surface area (Å²) in [5.74, 6) is 0.464. The number of methoxy groups -OCH3 is 1. The van der Waals surface area contributed by atoms with E-state index in [0.29, 0.717) is 16.5 Å². The van der Waals surface area contributed by atoms with Crippen LogP contribution in [0, 0.1) is 6.92 Å². The first-order chi connectivity index (χ1) is 13.1. The normalized spacial score (nSPS) is 11.5. The number of para-hydroxylation sites is 1. The van der Waals surface area contributed by atoms with Crippen LogP contribution in [-0.2, 0) is 0 Å². The van der Waals surface area contributed by atoms with Gasteiger partial charge in [-0.3, -0.25) is 10.1 Å². The van der Waals surface area contributed by atoms with Crippen molar-refractivity contribution >= 4 is 65.1 Å². The van der Waals surface area contributed by atoms with Crippen LogP contribution >= 0.6 is 22.7 Å². The van der Waals surface area contributed by atoms with Crippen LogP contribution in [0.3, 0.4) is 0 Å². The Bertz CT molecular complexity index is 1330. The van der Waals surface area contributed by atoms with Gasteiger partial charge in [0.1, 0.15) is 0 Å². The molecule has 27 heavy (non-hydrogen) atoms. The minimum atomic E-state index is -0.343. The van der Waals surface area contributed by atoms with Gasteiger partial charge in [0.25, 0.3) is 5.91 Å². The molecule has 0 unspecified atom stereocenters. The summed E-state index contributed by atoms with van der Waals surface area (Å²) in [5.41, 5.74) is 2.35. The number of carbonyl (C=O) groups is 1. The van der Waals surface area contributed by atoms with E-state index in [1.807, 2.05) is 31.2 Å². The number of hydrogen-bond donors (Lipinski definition) is 1. The molecule has 0 radical (unpaired) electrons. The fourth-order valence-corrected chi connectivity index (χ4v) is 5.01. The summed E-state index contributed by atoms with van der Waals surface area (Å²) < 4.78 is 13.1. The number of amides is 1. The van der Waals surface area contributed by atoms with Gasteiger partial charge in [-0.15, -0.1) is 11.3 Å². The van der Waals surface area contributed by atoms with E-state index in [9.17, 15) is 4.79 Å². The predicted octanol–water partition coefficient (Wildman–Crippen LogP) is 5.22. The van der Waals surface area contributed by atoms with E-state index in [1.165, 1.54) is 11.3 Å². The Kier molecular flexibility index (Phi) is 3.63. The molecule has 0 spiro atoms. The van der Waals surface area contributed by atoms with Gasteiger partial charge in [-0.25, -0.2) is 9.97 Å². The Morgan fingerprint density at radius 1 is 1.11 bits per heavy atom. The molecule has 8 heteroatoms. The number of aryl methyl sites for hydroxylation is 1. The second-order valence-corrected chi connectivity index (χ2v) is 8.16. The molecule has 6 nitrogen and oxygen atoms in total. The first-order valence-corrected chi connectivity index (χ1v) is 9.80. The summed E-state index contributed by atoms with van der Waals surface area (Å²) in [6.07, 6.45) is 0. The summed E-state index contributed by atoms with van der Waals surface area (Å²) in [6, 6.07) is 11.1. The molecule has 0 saturated carbocycles. The van der Waals surface area contributed by atoms with Crippen molar-refractivity contribution in [3.8, 4) is 5.75 Å². The highest BCUT2D eigenvalue weighted by molar-refractivity contribution is 7.28. The van der Waals surface area contributed by atoms with E-state index >= 15 is 0 Å². The molecule has 3 heterocycles. The Morgan fingerprint density at radius 3 is 2.70 bits per heavy atom. The lowest BCUT2D eigenvalue weighted by Gasteiger charge is -1.99. The van der Waals surface area contributed by atoms with Gasteiger partial charge in [-0.1, -0.05) is 23.5 Å². The third-order valence-electron chi connectivity index (χ3n) is 4.19. The molecular weight excluding hydrogens is 382 g/mol. The first kappa shape index (κ1) is 16.2. The molecule has 3 aromatic heterocycles. The van der Waals surface area contributed by atoms with Crippen LogP contribution in [0.1, 0.15) is 15.6 Å². The molecule has 0 aliphatic carbocycles. The Labute approximate surface area is 161 Å². The van der Waals surface area contributed by atoms with Gasteiger partial charge in [0.2, 0.25) is 0 Å². The highest BCUT2D eigenvalue weighted by atomic mass is 32.1. The van der Waals surface area contributed by atoms with Crippen LogP contribution in [0.25, 0.3) is 31.4 Å². The van der Waals surface area contributed by atoms with Crippen LogP contribution in [0.15, 0.2) is 40.8 Å². The van der Waals surface area contributed by atoms with E-state index < -0.39 is 0 Å². The summed E-state index contributed by atoms with van der Waals surface area (Å²) in [7, 11) is 1.57. The molecule has 2 aromatic carbocycles. The topological polar surface area (TPSA) is 77.2 Å². The lowest BCUT2D eigenvalue weighted by atomic mass is 10.2. The minimum absolute atomic E-state index is 0.215. The Hall–Kier alpha value is -2.97. The number of nitrogens with zero attached hydrogens (tertiary/aromatic N) is 2. The number of thiazole rings is 2. The van der Waals surface area contributed by atoms with Crippen molar-refractivity contribution in [2.45, 2.75) is 6.92 Å². The van der Waals surface area contributed by atoms with Gasteiger partial charge in [0, 0.05) is 5.39 Å². The molecule has 0 bridgehead atoms. The second kappa shape index (κ2) is 6.04. The maximum absolute atomic E-state index is 12.6. The average Bonchev–Trinajstić information content (AvgIpc) is 3.35. The molecule has 0 fully saturated rings. The number of nitrogens with one attached hydrogen (secondary N) is 1. The first-order valence-electron chi connectivity index (χ1n) is 8.17. The highest BCUT2D eigenvalue weighted by Gasteiger charge is 2.17. The van der Waals surface area contributed by atoms with Gasteiger partial charge in [0.05, 0.1) is 32.6 Å². The fraction of sp³-hybridized carbons (Fsp3) is 0.105. The Morgan fingerprint density at radius 2 is 1.89 bits per heavy atom. The highest BCUT2D eigenvalue weighted by Crippen LogP contribution is 2.36. The molecule has 5 rings (SSSR count). The van der Waals surface area contributed by atoms with Crippen LogP contribution in [0.2, 0.25) is 0 Å². The van der Waals surface area contributed by atoms with Crippen molar-refractivity contribution in [1.29, 1.82) is 0 Å². The molecule has 0 atom stereocenters. The third-order valence-corrected chi connectivity index (χ3v) is 6.33. The molecule has 5 aromatic rings. The molecular formula is C19H13N3O3S2. The number of rotatable bonds is 3. The number of benzene rings is 2. The lowest BCUT2D eigenvalue weighted by Crippen LogP contribution is -2.10. The predicted molar refractivity (Wildman–Crippen MR) is 108 cm³/mol. The second-order valence-electron chi connectivity index (χ2n) is 5.96. The maximum atomic E-state index is 12.6. The van der Waals surface area contributed by atoms with Crippen LogP contribution in [0.5, 0.6) is 5.75 Å². The van der Waals surface area contributed by atoms with Crippen molar-refractivity contribution in [3.05, 3.63) is 47.2 Å². The molecule has 0 aliphatic rings. The maximum Gasteiger partial charge on any atom is 0.293 e. The molecule has 0 aliphatic heterocycles. The Balaban J connectivity index is 1.51. The number of anilines is 1. The third kappa shape index (κ3) is 2.65. The summed E-state index contributed by atoms with van der Waals surface area (Å²) in [6.45, 7) is 1.98. The number of fused-ring (bicyclic) bond motifs is 4. The number of hydrogen-bond acceptors (Lipinski definition) is 7. The van der Waals surface area contributed by atoms with E-state index in [2.05, 4.69) is 15.3 Å². The van der Waals surface area contributed by atoms with Crippen molar-refractivity contribution in [2.75, 3.05) is 12.4 Å². The van der Waals surface area contributed by atoms with E-state index in [-0.39, 0.29) is 11.7 Å². The van der Waals surface area contributed by atoms with Crippen molar-refractivity contribution < 1.29 is 13.9 Å². The van der Waals surface area contributed by atoms with E-state index in [4.69, 9.17) is 9.15 Å². The monoisotopic (exact) mass is 395 g/mol. The smallest absolute Gasteiger partial charge is 0.293 e. The zero-order chi connectivity index (χ0) is 18.5. The van der Waals surface area contributed by atoms with Gasteiger partial charge < -0.3 is 9.15 Å². The van der Waals surface area contributed by atoms with Crippen LogP contribution < -0.4 is 10.1 Å². The van der Waals surface area contributed by atoms with Gasteiger partial charge >= 0.3 is 0 Å². The lowest BCUT2D eigenvalue weighted by molar-refractivity contribution is 0.0998. The van der Waals surface area contributed by atoms with E-state index in [0.717, 1.165) is 30.8 Å². The fourth-order valence-electron chi connectivity index (χ4n) is 3.01. The summed E-state index contributed by atoms with van der Waals surface area (Å²) in [5, 5.41) is 5.18.